The van der Waals surface area contributed by atoms with Gasteiger partial charge in [-0.1, -0.05) is 23.7 Å². The molecule has 44 heavy (non-hydrogen) atoms. The largest absolute Gasteiger partial charge is 0.497 e. The monoisotopic (exact) mass is 620 g/mol. The summed E-state index contributed by atoms with van der Waals surface area (Å²) in [4.78, 5) is 31.8. The normalized spacial score (nSPS) is 16.8. The Hall–Kier alpha value is -4.12. The lowest BCUT2D eigenvalue weighted by atomic mass is 9.97. The number of nitrogens with zero attached hydrogens (tertiary/aromatic N) is 4. The third-order valence-electron chi connectivity index (χ3n) is 7.89. The Kier molecular flexibility index (Phi) is 10.4. The molecule has 11 heteroatoms. The number of halogens is 1. The Morgan fingerprint density at radius 3 is 2.34 bits per heavy atom. The molecular formula is C33H37ClN4O6. The second-order valence-electron chi connectivity index (χ2n) is 10.5. The average Bonchev–Trinajstić information content (AvgIpc) is 3.52. The zero-order chi connectivity index (χ0) is 31.1. The molecule has 0 saturated carbocycles. The summed E-state index contributed by atoms with van der Waals surface area (Å²) in [5.41, 5.74) is 2.70. The molecule has 232 valence electrons. The highest BCUT2D eigenvalue weighted by atomic mass is 35.5. The summed E-state index contributed by atoms with van der Waals surface area (Å²) in [6, 6.07) is 19.4. The summed E-state index contributed by atoms with van der Waals surface area (Å²) in [5.74, 6) is 1.32. The summed E-state index contributed by atoms with van der Waals surface area (Å²) in [7, 11) is 4.80. The Balaban J connectivity index is 1.47. The molecule has 0 aliphatic carbocycles. The molecule has 1 fully saturated rings. The molecule has 0 aromatic heterocycles. The third-order valence-corrected chi connectivity index (χ3v) is 8.22. The van der Waals surface area contributed by atoms with E-state index >= 15 is 0 Å². The molecule has 3 aromatic rings. The van der Waals surface area contributed by atoms with Crippen molar-refractivity contribution in [3.05, 3.63) is 88.4 Å². The number of carbonyl (C=O) groups is 2. The fourth-order valence-electron chi connectivity index (χ4n) is 5.42. The van der Waals surface area contributed by atoms with Crippen LogP contribution in [0.5, 0.6) is 17.2 Å². The lowest BCUT2D eigenvalue weighted by Gasteiger charge is -2.31. The summed E-state index contributed by atoms with van der Waals surface area (Å²) in [5, 5.41) is 6.63. The predicted molar refractivity (Wildman–Crippen MR) is 168 cm³/mol. The zero-order valence-corrected chi connectivity index (χ0v) is 26.0. The Labute approximate surface area is 262 Å². The molecule has 1 atom stereocenters. The highest BCUT2D eigenvalue weighted by Crippen LogP contribution is 2.39. The van der Waals surface area contributed by atoms with Gasteiger partial charge in [0, 0.05) is 38.2 Å². The van der Waals surface area contributed by atoms with Crippen LogP contribution in [0.15, 0.2) is 71.8 Å². The van der Waals surface area contributed by atoms with Crippen LogP contribution in [0.25, 0.3) is 0 Å². The Morgan fingerprint density at radius 2 is 1.66 bits per heavy atom. The molecule has 2 amide bonds. The van der Waals surface area contributed by atoms with Crippen LogP contribution in [-0.2, 0) is 9.53 Å². The van der Waals surface area contributed by atoms with E-state index in [1.54, 1.807) is 50.5 Å². The minimum Gasteiger partial charge on any atom is -0.497 e. The van der Waals surface area contributed by atoms with E-state index in [0.29, 0.717) is 54.8 Å². The van der Waals surface area contributed by atoms with Gasteiger partial charge in [0.25, 0.3) is 11.8 Å². The lowest BCUT2D eigenvalue weighted by molar-refractivity contribution is -0.133. The number of benzene rings is 3. The number of carbonyl (C=O) groups excluding carboxylic acids is 2. The van der Waals surface area contributed by atoms with Gasteiger partial charge >= 0.3 is 0 Å². The fraction of sp³-hybridized carbons (Fsp3) is 0.364. The molecule has 3 aromatic carbocycles. The number of rotatable bonds is 11. The van der Waals surface area contributed by atoms with Gasteiger partial charge in [-0.15, -0.1) is 0 Å². The zero-order valence-electron chi connectivity index (χ0n) is 25.2. The maximum absolute atomic E-state index is 14.2. The third kappa shape index (κ3) is 7.15. The molecule has 1 saturated heterocycles. The van der Waals surface area contributed by atoms with Crippen molar-refractivity contribution >= 4 is 29.1 Å². The first-order valence-corrected chi connectivity index (χ1v) is 14.9. The fourth-order valence-corrected chi connectivity index (χ4v) is 5.64. The smallest absolute Gasteiger partial charge is 0.262 e. The highest BCUT2D eigenvalue weighted by Gasteiger charge is 2.36. The van der Waals surface area contributed by atoms with Gasteiger partial charge in [-0.05, 0) is 60.2 Å². The molecule has 2 aliphatic rings. The number of amides is 2. The summed E-state index contributed by atoms with van der Waals surface area (Å²) >= 11 is 6.42. The van der Waals surface area contributed by atoms with Crippen LogP contribution in [0.4, 0.5) is 0 Å². The van der Waals surface area contributed by atoms with Crippen molar-refractivity contribution < 1.29 is 28.5 Å². The second kappa shape index (κ2) is 14.6. The average molecular weight is 621 g/mol. The van der Waals surface area contributed by atoms with Gasteiger partial charge in [0.1, 0.15) is 23.8 Å². The van der Waals surface area contributed by atoms with E-state index in [1.807, 2.05) is 42.5 Å². The minimum absolute atomic E-state index is 0.184. The van der Waals surface area contributed by atoms with E-state index in [9.17, 15) is 9.59 Å². The van der Waals surface area contributed by atoms with E-state index < -0.39 is 6.04 Å². The Morgan fingerprint density at radius 1 is 0.955 bits per heavy atom. The maximum atomic E-state index is 14.2. The SMILES string of the molecule is COc1ccc(C2=NN(C(=O)CN(CCN3CCOCC3)C(=O)c3ccccc3Cl)[C@@H](c3cc(OC)ccc3OC)C2)cc1. The standard InChI is InChI=1S/C33H37ClN4O6/c1-41-24-10-8-23(9-11-24)29-21-30(27-20-25(42-2)12-13-31(27)43-3)38(35-29)32(39)22-37(15-14-36-16-18-44-19-17-36)33(40)26-6-4-5-7-28(26)34/h4-13,20,30H,14-19,21-22H2,1-3H3/t30-/m1/s1. The number of morpholine rings is 1. The van der Waals surface area contributed by atoms with E-state index in [0.717, 1.165) is 35.7 Å². The summed E-state index contributed by atoms with van der Waals surface area (Å²) < 4.78 is 22.0. The number of ether oxygens (including phenoxy) is 4. The van der Waals surface area contributed by atoms with Crippen molar-refractivity contribution in [3.8, 4) is 17.2 Å². The van der Waals surface area contributed by atoms with Gasteiger partial charge in [0.05, 0.1) is 56.9 Å². The number of hydrazone groups is 1. The molecule has 0 bridgehead atoms. The van der Waals surface area contributed by atoms with E-state index in [4.69, 9.17) is 35.6 Å². The van der Waals surface area contributed by atoms with Crippen LogP contribution in [-0.4, -0.2) is 99.6 Å². The summed E-state index contributed by atoms with van der Waals surface area (Å²) in [6.45, 7) is 3.56. The number of hydrogen-bond donors (Lipinski definition) is 0. The Bertz CT molecular complexity index is 1490. The van der Waals surface area contributed by atoms with Crippen LogP contribution >= 0.6 is 11.6 Å². The van der Waals surface area contributed by atoms with Gasteiger partial charge in [-0.2, -0.15) is 5.10 Å². The van der Waals surface area contributed by atoms with E-state index in [1.165, 1.54) is 5.01 Å². The van der Waals surface area contributed by atoms with Gasteiger partial charge < -0.3 is 23.8 Å². The molecule has 2 heterocycles. The molecular weight excluding hydrogens is 584 g/mol. The van der Waals surface area contributed by atoms with Crippen molar-refractivity contribution in [2.45, 2.75) is 12.5 Å². The lowest BCUT2D eigenvalue weighted by Crippen LogP contribution is -2.46. The van der Waals surface area contributed by atoms with Crippen LogP contribution in [0, 0.1) is 0 Å². The molecule has 5 rings (SSSR count). The van der Waals surface area contributed by atoms with Gasteiger partial charge in [0.15, 0.2) is 0 Å². The molecule has 0 N–H and O–H groups in total. The first-order valence-electron chi connectivity index (χ1n) is 14.5. The van der Waals surface area contributed by atoms with Crippen LogP contribution in [0.1, 0.15) is 33.9 Å². The molecule has 0 radical (unpaired) electrons. The summed E-state index contributed by atoms with van der Waals surface area (Å²) in [6.07, 6.45) is 0.438. The van der Waals surface area contributed by atoms with Gasteiger partial charge in [0.2, 0.25) is 0 Å². The first-order chi connectivity index (χ1) is 21.4. The van der Waals surface area contributed by atoms with E-state index in [2.05, 4.69) is 4.90 Å². The van der Waals surface area contributed by atoms with Crippen molar-refractivity contribution in [3.63, 3.8) is 0 Å². The van der Waals surface area contributed by atoms with Crippen molar-refractivity contribution in [1.29, 1.82) is 0 Å². The van der Waals surface area contributed by atoms with E-state index in [-0.39, 0.29) is 18.4 Å². The van der Waals surface area contributed by atoms with Crippen LogP contribution in [0.3, 0.4) is 0 Å². The second-order valence-corrected chi connectivity index (χ2v) is 10.9. The van der Waals surface area contributed by atoms with Crippen molar-refractivity contribution in [2.24, 2.45) is 5.10 Å². The maximum Gasteiger partial charge on any atom is 0.262 e. The first kappa shape index (κ1) is 31.3. The topological polar surface area (TPSA) is 93.1 Å². The quantitative estimate of drug-likeness (QED) is 0.311. The van der Waals surface area contributed by atoms with Crippen molar-refractivity contribution in [1.82, 2.24) is 14.8 Å². The predicted octanol–water partition coefficient (Wildman–Crippen LogP) is 4.52. The molecule has 0 unspecified atom stereocenters. The van der Waals surface area contributed by atoms with Gasteiger partial charge in [-0.25, -0.2) is 5.01 Å². The minimum atomic E-state index is -0.485. The number of methoxy groups -OCH3 is 3. The molecule has 0 spiro atoms. The van der Waals surface area contributed by atoms with Crippen LogP contribution < -0.4 is 14.2 Å². The molecule has 2 aliphatic heterocycles. The van der Waals surface area contributed by atoms with Gasteiger partial charge in [-0.3, -0.25) is 14.5 Å². The van der Waals surface area contributed by atoms with Crippen LogP contribution in [0.2, 0.25) is 5.02 Å². The molecule has 10 nitrogen and oxygen atoms in total. The van der Waals surface area contributed by atoms with Crippen molar-refractivity contribution in [2.75, 3.05) is 67.3 Å². The highest BCUT2D eigenvalue weighted by molar-refractivity contribution is 6.33. The number of hydrogen-bond acceptors (Lipinski definition) is 8.